The normalized spacial score (nSPS) is 12.7. The van der Waals surface area contributed by atoms with E-state index in [1.54, 1.807) is 0 Å². The second-order valence-electron chi connectivity index (χ2n) is 16.9. The molecule has 8 aromatic carbocycles. The zero-order valence-electron chi connectivity index (χ0n) is 35.2. The summed E-state index contributed by atoms with van der Waals surface area (Å²) >= 11 is 0. The fourth-order valence-corrected chi connectivity index (χ4v) is 9.30. The third-order valence-corrected chi connectivity index (χ3v) is 12.6. The van der Waals surface area contributed by atoms with Crippen molar-refractivity contribution in [3.63, 3.8) is 0 Å². The first-order valence-corrected chi connectivity index (χ1v) is 21.6. The van der Waals surface area contributed by atoms with E-state index in [1.165, 1.54) is 22.3 Å². The Morgan fingerprint density at radius 3 is 1.58 bits per heavy atom. The van der Waals surface area contributed by atoms with E-state index in [0.717, 1.165) is 77.8 Å². The van der Waals surface area contributed by atoms with Crippen LogP contribution in [0, 0.1) is 0 Å². The van der Waals surface area contributed by atoms with Gasteiger partial charge in [-0.25, -0.2) is 24.9 Å². The van der Waals surface area contributed by atoms with Gasteiger partial charge in [-0.2, -0.15) is 0 Å². The van der Waals surface area contributed by atoms with Gasteiger partial charge in [-0.3, -0.25) is 0 Å². The summed E-state index contributed by atoms with van der Waals surface area (Å²) in [7, 11) is 0. The molecular formula is C58H39N5O. The summed E-state index contributed by atoms with van der Waals surface area (Å²) in [4.78, 5) is 25.6. The van der Waals surface area contributed by atoms with Crippen LogP contribution in [0.25, 0.3) is 112 Å². The third kappa shape index (κ3) is 6.38. The van der Waals surface area contributed by atoms with Crippen LogP contribution in [-0.4, -0.2) is 24.9 Å². The van der Waals surface area contributed by atoms with E-state index >= 15 is 0 Å². The summed E-state index contributed by atoms with van der Waals surface area (Å²) in [6.45, 7) is 4.62. The van der Waals surface area contributed by atoms with Crippen LogP contribution in [0.2, 0.25) is 0 Å². The molecule has 0 aliphatic heterocycles. The lowest BCUT2D eigenvalue weighted by Crippen LogP contribution is -2.14. The largest absolute Gasteiger partial charge is 0.455 e. The third-order valence-electron chi connectivity index (χ3n) is 12.6. The zero-order chi connectivity index (χ0) is 42.8. The second-order valence-corrected chi connectivity index (χ2v) is 16.9. The zero-order valence-corrected chi connectivity index (χ0v) is 35.2. The van der Waals surface area contributed by atoms with E-state index in [0.29, 0.717) is 23.3 Å². The van der Waals surface area contributed by atoms with Crippen molar-refractivity contribution in [1.29, 1.82) is 0 Å². The van der Waals surface area contributed by atoms with Gasteiger partial charge in [0.2, 0.25) is 0 Å². The number of rotatable bonds is 7. The summed E-state index contributed by atoms with van der Waals surface area (Å²) in [6.07, 6.45) is 0. The van der Waals surface area contributed by atoms with Crippen LogP contribution in [0.4, 0.5) is 0 Å². The van der Waals surface area contributed by atoms with Gasteiger partial charge in [-0.1, -0.05) is 178 Å². The summed E-state index contributed by atoms with van der Waals surface area (Å²) < 4.78 is 6.45. The Hall–Kier alpha value is -8.35. The predicted molar refractivity (Wildman–Crippen MR) is 258 cm³/mol. The maximum Gasteiger partial charge on any atom is 0.167 e. The molecule has 6 nitrogen and oxygen atoms in total. The molecule has 64 heavy (non-hydrogen) atoms. The fraction of sp³-hybridized carbons (Fsp3) is 0.0517. The predicted octanol–water partition coefficient (Wildman–Crippen LogP) is 14.5. The van der Waals surface area contributed by atoms with Crippen LogP contribution in [-0.2, 0) is 5.41 Å². The van der Waals surface area contributed by atoms with Crippen molar-refractivity contribution in [2.75, 3.05) is 0 Å². The number of aromatic nitrogens is 5. The molecule has 0 atom stereocenters. The molecule has 0 bridgehead atoms. The minimum absolute atomic E-state index is 0.0751. The molecular weight excluding hydrogens is 783 g/mol. The van der Waals surface area contributed by atoms with Crippen molar-refractivity contribution >= 4 is 21.9 Å². The van der Waals surface area contributed by atoms with E-state index in [2.05, 4.69) is 135 Å². The molecule has 0 saturated heterocycles. The molecule has 6 heteroatoms. The highest BCUT2D eigenvalue weighted by atomic mass is 16.3. The van der Waals surface area contributed by atoms with Crippen LogP contribution >= 0.6 is 0 Å². The van der Waals surface area contributed by atoms with Crippen molar-refractivity contribution in [2.24, 2.45) is 0 Å². The topological polar surface area (TPSA) is 77.6 Å². The number of furan rings is 1. The minimum atomic E-state index is -0.0751. The number of para-hydroxylation sites is 2. The average Bonchev–Trinajstić information content (AvgIpc) is 3.86. The smallest absolute Gasteiger partial charge is 0.167 e. The van der Waals surface area contributed by atoms with Crippen LogP contribution in [0.3, 0.4) is 0 Å². The van der Waals surface area contributed by atoms with Crippen LogP contribution in [0.5, 0.6) is 0 Å². The van der Waals surface area contributed by atoms with Gasteiger partial charge in [0.25, 0.3) is 0 Å². The van der Waals surface area contributed by atoms with Gasteiger partial charge in [-0.15, -0.1) is 0 Å². The van der Waals surface area contributed by atoms with Crippen molar-refractivity contribution in [2.45, 2.75) is 19.3 Å². The number of hydrogen-bond donors (Lipinski definition) is 0. The van der Waals surface area contributed by atoms with Crippen LogP contribution in [0.1, 0.15) is 25.0 Å². The van der Waals surface area contributed by atoms with E-state index in [4.69, 9.17) is 29.3 Å². The Bertz CT molecular complexity index is 3590. The number of nitrogens with zero attached hydrogens (tertiary/aromatic N) is 5. The van der Waals surface area contributed by atoms with Gasteiger partial charge >= 0.3 is 0 Å². The van der Waals surface area contributed by atoms with Crippen LogP contribution in [0.15, 0.2) is 205 Å². The monoisotopic (exact) mass is 821 g/mol. The van der Waals surface area contributed by atoms with Gasteiger partial charge in [-0.05, 0) is 69.8 Å². The molecule has 302 valence electrons. The minimum Gasteiger partial charge on any atom is -0.455 e. The van der Waals surface area contributed by atoms with Crippen molar-refractivity contribution in [1.82, 2.24) is 24.9 Å². The van der Waals surface area contributed by atoms with Gasteiger partial charge in [0.15, 0.2) is 23.3 Å². The Morgan fingerprint density at radius 2 is 0.828 bits per heavy atom. The molecule has 1 aliphatic carbocycles. The Kier molecular flexibility index (Phi) is 8.73. The lowest BCUT2D eigenvalue weighted by atomic mass is 9.82. The molecule has 12 rings (SSSR count). The first kappa shape index (κ1) is 37.4. The lowest BCUT2D eigenvalue weighted by molar-refractivity contribution is 0.660. The highest BCUT2D eigenvalue weighted by molar-refractivity contribution is 6.09. The average molecular weight is 822 g/mol. The first-order chi connectivity index (χ1) is 31.4. The molecule has 0 spiro atoms. The van der Waals surface area contributed by atoms with E-state index in [-0.39, 0.29) is 5.41 Å². The van der Waals surface area contributed by atoms with Gasteiger partial charge in [0, 0.05) is 44.0 Å². The highest BCUT2D eigenvalue weighted by Crippen LogP contribution is 2.49. The van der Waals surface area contributed by atoms with Gasteiger partial charge in [0.05, 0.1) is 17.0 Å². The summed E-state index contributed by atoms with van der Waals surface area (Å²) in [5.41, 5.74) is 16.1. The number of hydrogen-bond acceptors (Lipinski definition) is 6. The molecule has 0 fully saturated rings. The Labute approximate surface area is 370 Å². The number of benzene rings is 8. The number of fused-ring (bicyclic) bond motifs is 6. The summed E-state index contributed by atoms with van der Waals surface area (Å²) in [5.74, 6) is 2.39. The molecule has 0 radical (unpaired) electrons. The molecule has 0 unspecified atom stereocenters. The standard InChI is InChI=1S/C58H39N5O/c1-58(2)48-28-11-9-24-43(48)47-34-41(30-31-49(47)58)51-35-50(59-54(60-51)36-16-5-3-6-17-36)40-22-13-20-38(32-40)39-21-14-23-42(33-39)56-61-55(37-18-7-4-8-19-37)62-57(63-56)46-27-15-26-45-44-25-10-12-29-52(44)64-53(45)46/h3-35H,1-2H3. The molecule has 3 aromatic heterocycles. The Morgan fingerprint density at radius 1 is 0.328 bits per heavy atom. The summed E-state index contributed by atoms with van der Waals surface area (Å²) in [5, 5.41) is 2.08. The van der Waals surface area contributed by atoms with Gasteiger partial charge in [0.1, 0.15) is 11.2 Å². The van der Waals surface area contributed by atoms with Crippen molar-refractivity contribution in [3.8, 4) is 90.3 Å². The lowest BCUT2D eigenvalue weighted by Gasteiger charge is -2.21. The van der Waals surface area contributed by atoms with E-state index < -0.39 is 0 Å². The molecule has 1 aliphatic rings. The maximum atomic E-state index is 6.45. The second kappa shape index (κ2) is 14.9. The van der Waals surface area contributed by atoms with Gasteiger partial charge < -0.3 is 4.42 Å². The van der Waals surface area contributed by atoms with E-state index in [9.17, 15) is 0 Å². The molecule has 11 aromatic rings. The maximum absolute atomic E-state index is 6.45. The van der Waals surface area contributed by atoms with Crippen molar-refractivity contribution in [3.05, 3.63) is 211 Å². The first-order valence-electron chi connectivity index (χ1n) is 21.6. The van der Waals surface area contributed by atoms with Crippen molar-refractivity contribution < 1.29 is 4.42 Å². The Balaban J connectivity index is 0.956. The highest BCUT2D eigenvalue weighted by Gasteiger charge is 2.35. The summed E-state index contributed by atoms with van der Waals surface area (Å²) in [6, 6.07) is 69.1. The SMILES string of the molecule is CC1(C)c2ccccc2-c2cc(-c3cc(-c4cccc(-c5cccc(-c6nc(-c7ccccc7)nc(-c7cccc8c7oc7ccccc78)n6)c5)c4)nc(-c4ccccc4)n3)ccc21. The molecule has 0 amide bonds. The molecule has 3 heterocycles. The van der Waals surface area contributed by atoms with Crippen LogP contribution < -0.4 is 0 Å². The molecule has 0 N–H and O–H groups in total. The van der Waals surface area contributed by atoms with E-state index in [1.807, 2.05) is 78.9 Å². The quantitative estimate of drug-likeness (QED) is 0.159. The molecule has 0 saturated carbocycles. The fourth-order valence-electron chi connectivity index (χ4n) is 9.30.